The van der Waals surface area contributed by atoms with Gasteiger partial charge < -0.3 is 9.47 Å². The first-order chi connectivity index (χ1) is 11.5. The average Bonchev–Trinajstić information content (AvgIpc) is 2.39. The second kappa shape index (κ2) is 7.06. The average molecular weight is 354 g/mol. The summed E-state index contributed by atoms with van der Waals surface area (Å²) in [5.41, 5.74) is -1.30. The van der Waals surface area contributed by atoms with Crippen LogP contribution in [0.1, 0.15) is 34.1 Å². The Hall–Kier alpha value is -0.820. The molecular weight excluding hydrogens is 320 g/mol. The van der Waals surface area contributed by atoms with Crippen molar-refractivity contribution in [3.05, 3.63) is 0 Å². The van der Waals surface area contributed by atoms with Gasteiger partial charge in [0.25, 0.3) is 0 Å². The molecule has 0 aromatic carbocycles. The number of ketones is 2. The van der Waals surface area contributed by atoms with E-state index in [0.29, 0.717) is 39.4 Å². The SMILES string of the molecule is CC(C)C(=O)C1(N(C)CC(C)(C)C(=O)CC2(N(C)C)COC2)COC1. The molecule has 2 rings (SSSR count). The van der Waals surface area contributed by atoms with E-state index in [2.05, 4.69) is 4.90 Å². The van der Waals surface area contributed by atoms with E-state index >= 15 is 0 Å². The Morgan fingerprint density at radius 2 is 1.56 bits per heavy atom. The molecule has 2 aliphatic rings. The molecule has 0 atom stereocenters. The summed E-state index contributed by atoms with van der Waals surface area (Å²) in [7, 11) is 5.93. The van der Waals surface area contributed by atoms with E-state index in [4.69, 9.17) is 9.47 Å². The molecule has 144 valence electrons. The quantitative estimate of drug-likeness (QED) is 0.621. The molecule has 0 aromatic heterocycles. The highest BCUT2D eigenvalue weighted by molar-refractivity contribution is 5.91. The van der Waals surface area contributed by atoms with Crippen LogP contribution in [0.5, 0.6) is 0 Å². The first kappa shape index (κ1) is 20.5. The van der Waals surface area contributed by atoms with E-state index in [1.165, 1.54) is 0 Å². The smallest absolute Gasteiger partial charge is 0.160 e. The summed E-state index contributed by atoms with van der Waals surface area (Å²) < 4.78 is 10.7. The number of ether oxygens (including phenoxy) is 2. The third kappa shape index (κ3) is 3.68. The van der Waals surface area contributed by atoms with E-state index in [1.54, 1.807) is 0 Å². The largest absolute Gasteiger partial charge is 0.377 e. The molecule has 2 aliphatic heterocycles. The summed E-state index contributed by atoms with van der Waals surface area (Å²) in [4.78, 5) is 29.8. The maximum absolute atomic E-state index is 13.0. The fourth-order valence-electron chi connectivity index (χ4n) is 3.61. The molecule has 6 heteroatoms. The minimum absolute atomic E-state index is 0.0469. The van der Waals surface area contributed by atoms with Crippen molar-refractivity contribution in [2.45, 2.75) is 45.2 Å². The molecule has 0 aliphatic carbocycles. The molecule has 25 heavy (non-hydrogen) atoms. The van der Waals surface area contributed by atoms with Crippen molar-refractivity contribution in [2.75, 3.05) is 54.1 Å². The van der Waals surface area contributed by atoms with Gasteiger partial charge in [-0.3, -0.25) is 19.4 Å². The predicted octanol–water partition coefficient (Wildman–Crippen LogP) is 1.23. The summed E-state index contributed by atoms with van der Waals surface area (Å²) in [5, 5.41) is 0. The third-order valence-corrected chi connectivity index (χ3v) is 5.96. The number of hydrogen-bond acceptors (Lipinski definition) is 6. The van der Waals surface area contributed by atoms with E-state index in [-0.39, 0.29) is 23.0 Å². The molecule has 0 spiro atoms. The Morgan fingerprint density at radius 3 is 1.88 bits per heavy atom. The van der Waals surface area contributed by atoms with Crippen LogP contribution in [0.3, 0.4) is 0 Å². The molecular formula is C19H34N2O4. The molecule has 0 saturated carbocycles. The number of hydrogen-bond donors (Lipinski definition) is 0. The molecule has 0 radical (unpaired) electrons. The Balaban J connectivity index is 2.06. The van der Waals surface area contributed by atoms with E-state index in [0.717, 1.165) is 0 Å². The molecule has 2 saturated heterocycles. The number of Topliss-reactive ketones (excluding diaryl/α,β-unsaturated/α-hetero) is 2. The highest BCUT2D eigenvalue weighted by Gasteiger charge is 2.52. The van der Waals surface area contributed by atoms with Gasteiger partial charge in [0.05, 0.1) is 32.0 Å². The number of carbonyl (C=O) groups is 2. The zero-order valence-corrected chi connectivity index (χ0v) is 16.8. The lowest BCUT2D eigenvalue weighted by Gasteiger charge is -2.50. The van der Waals surface area contributed by atoms with Crippen LogP contribution >= 0.6 is 0 Å². The molecule has 6 nitrogen and oxygen atoms in total. The Kier molecular flexibility index (Phi) is 5.79. The van der Waals surface area contributed by atoms with Crippen LogP contribution in [0.2, 0.25) is 0 Å². The number of likely N-dealkylation sites (N-methyl/N-ethyl adjacent to an activating group) is 2. The van der Waals surface area contributed by atoms with Crippen LogP contribution in [-0.2, 0) is 19.1 Å². The molecule has 2 heterocycles. The van der Waals surface area contributed by atoms with Crippen molar-refractivity contribution in [1.82, 2.24) is 9.80 Å². The van der Waals surface area contributed by atoms with E-state index in [9.17, 15) is 9.59 Å². The van der Waals surface area contributed by atoms with Crippen LogP contribution in [0.15, 0.2) is 0 Å². The fraction of sp³-hybridized carbons (Fsp3) is 0.895. The van der Waals surface area contributed by atoms with Crippen LogP contribution < -0.4 is 0 Å². The lowest BCUT2D eigenvalue weighted by atomic mass is 9.76. The maximum Gasteiger partial charge on any atom is 0.160 e. The molecule has 2 fully saturated rings. The maximum atomic E-state index is 13.0. The Labute approximate surface area is 151 Å². The Bertz CT molecular complexity index is 520. The van der Waals surface area contributed by atoms with Crippen LogP contribution in [-0.4, -0.2) is 86.6 Å². The van der Waals surface area contributed by atoms with Gasteiger partial charge in [0.2, 0.25) is 0 Å². The van der Waals surface area contributed by atoms with E-state index < -0.39 is 11.0 Å². The lowest BCUT2D eigenvalue weighted by Crippen LogP contribution is -2.68. The van der Waals surface area contributed by atoms with Crippen molar-refractivity contribution >= 4 is 11.6 Å². The summed E-state index contributed by atoms with van der Waals surface area (Å²) in [6.45, 7) is 10.4. The Morgan fingerprint density at radius 1 is 1.04 bits per heavy atom. The topological polar surface area (TPSA) is 59.1 Å². The fourth-order valence-corrected chi connectivity index (χ4v) is 3.61. The second-order valence-corrected chi connectivity index (χ2v) is 8.99. The number of nitrogens with zero attached hydrogens (tertiary/aromatic N) is 2. The van der Waals surface area contributed by atoms with Gasteiger partial charge >= 0.3 is 0 Å². The zero-order chi connectivity index (χ0) is 19.0. The molecule has 0 aromatic rings. The van der Waals surface area contributed by atoms with Gasteiger partial charge in [-0.05, 0) is 21.1 Å². The highest BCUT2D eigenvalue weighted by Crippen LogP contribution is 2.35. The van der Waals surface area contributed by atoms with Crippen molar-refractivity contribution in [1.29, 1.82) is 0 Å². The van der Waals surface area contributed by atoms with Gasteiger partial charge in [0.1, 0.15) is 11.3 Å². The van der Waals surface area contributed by atoms with Crippen molar-refractivity contribution in [3.63, 3.8) is 0 Å². The predicted molar refractivity (Wildman–Crippen MR) is 96.7 cm³/mol. The van der Waals surface area contributed by atoms with Gasteiger partial charge in [0, 0.05) is 24.3 Å². The van der Waals surface area contributed by atoms with Crippen LogP contribution in [0, 0.1) is 11.3 Å². The zero-order valence-electron chi connectivity index (χ0n) is 16.8. The van der Waals surface area contributed by atoms with Crippen molar-refractivity contribution in [3.8, 4) is 0 Å². The summed E-state index contributed by atoms with van der Waals surface area (Å²) >= 11 is 0. The normalized spacial score (nSPS) is 22.0. The van der Waals surface area contributed by atoms with Gasteiger partial charge in [-0.15, -0.1) is 0 Å². The van der Waals surface area contributed by atoms with Gasteiger partial charge in [-0.1, -0.05) is 27.7 Å². The molecule has 0 N–H and O–H groups in total. The summed E-state index contributed by atoms with van der Waals surface area (Å²) in [5.74, 6) is 0.361. The number of carbonyl (C=O) groups excluding carboxylic acids is 2. The number of rotatable bonds is 9. The highest BCUT2D eigenvalue weighted by atomic mass is 16.5. The van der Waals surface area contributed by atoms with Gasteiger partial charge in [0.15, 0.2) is 5.78 Å². The molecule has 0 amide bonds. The first-order valence-corrected chi connectivity index (χ1v) is 9.09. The minimum atomic E-state index is -0.579. The molecule has 0 unspecified atom stereocenters. The monoisotopic (exact) mass is 354 g/mol. The second-order valence-electron chi connectivity index (χ2n) is 8.99. The summed E-state index contributed by atoms with van der Waals surface area (Å²) in [6, 6.07) is 0. The van der Waals surface area contributed by atoms with Crippen molar-refractivity contribution in [2.24, 2.45) is 11.3 Å². The third-order valence-electron chi connectivity index (χ3n) is 5.96. The first-order valence-electron chi connectivity index (χ1n) is 9.09. The van der Waals surface area contributed by atoms with Gasteiger partial charge in [-0.2, -0.15) is 0 Å². The van der Waals surface area contributed by atoms with Crippen LogP contribution in [0.4, 0.5) is 0 Å². The van der Waals surface area contributed by atoms with E-state index in [1.807, 2.05) is 53.7 Å². The van der Waals surface area contributed by atoms with Crippen molar-refractivity contribution < 1.29 is 19.1 Å². The minimum Gasteiger partial charge on any atom is -0.377 e. The summed E-state index contributed by atoms with van der Waals surface area (Å²) in [6.07, 6.45) is 0.475. The van der Waals surface area contributed by atoms with Gasteiger partial charge in [-0.25, -0.2) is 0 Å². The lowest BCUT2D eigenvalue weighted by molar-refractivity contribution is -0.173. The molecule has 0 bridgehead atoms. The standard InChI is InChI=1S/C19H34N2O4/c1-14(2)16(23)19(12-25-13-19)21(7)9-17(3,4)15(22)8-18(20(5)6)10-24-11-18/h14H,8-13H2,1-7H3. The van der Waals surface area contributed by atoms with Crippen LogP contribution in [0.25, 0.3) is 0 Å².